The van der Waals surface area contributed by atoms with Crippen LogP contribution in [0.5, 0.6) is 0 Å². The number of aromatic amines is 1. The summed E-state index contributed by atoms with van der Waals surface area (Å²) in [6.45, 7) is 0.530. The van der Waals surface area contributed by atoms with Crippen LogP contribution >= 0.6 is 0 Å². The summed E-state index contributed by atoms with van der Waals surface area (Å²) in [6, 6.07) is 9.61. The molecule has 6 heteroatoms. The van der Waals surface area contributed by atoms with Crippen LogP contribution < -0.4 is 5.73 Å². The van der Waals surface area contributed by atoms with Crippen LogP contribution in [0.2, 0.25) is 0 Å². The molecule has 0 aliphatic heterocycles. The van der Waals surface area contributed by atoms with Gasteiger partial charge in [-0.15, -0.1) is 0 Å². The Kier molecular flexibility index (Phi) is 4.81. The van der Waals surface area contributed by atoms with Gasteiger partial charge in [-0.1, -0.05) is 0 Å². The smallest absolute Gasteiger partial charge is 0.354 e. The van der Waals surface area contributed by atoms with Crippen LogP contribution in [-0.2, 0) is 12.6 Å². The molecule has 2 nitrogen and oxygen atoms in total. The molecule has 0 atom stereocenters. The molecule has 1 aromatic heterocycles. The fourth-order valence-electron chi connectivity index (χ4n) is 2.99. The Balaban J connectivity index is 2.14. The highest BCUT2D eigenvalue weighted by Gasteiger charge is 2.31. The van der Waals surface area contributed by atoms with Crippen molar-refractivity contribution in [2.45, 2.75) is 25.4 Å². The van der Waals surface area contributed by atoms with Crippen LogP contribution in [-0.4, -0.2) is 11.5 Å². The van der Waals surface area contributed by atoms with E-state index in [4.69, 9.17) is 5.73 Å². The zero-order chi connectivity index (χ0) is 18.0. The molecule has 0 unspecified atom stereocenters. The van der Waals surface area contributed by atoms with Crippen LogP contribution in [0.4, 0.5) is 17.6 Å². The fourth-order valence-corrected chi connectivity index (χ4v) is 2.99. The van der Waals surface area contributed by atoms with Gasteiger partial charge >= 0.3 is 6.18 Å². The zero-order valence-corrected chi connectivity index (χ0v) is 13.5. The molecule has 1 heterocycles. The number of nitrogens with two attached hydrogens (primary N) is 1. The molecular formula is C19H18F4N2. The Morgan fingerprint density at radius 2 is 1.68 bits per heavy atom. The van der Waals surface area contributed by atoms with E-state index in [0.717, 1.165) is 35.7 Å². The number of rotatable bonds is 5. The van der Waals surface area contributed by atoms with Crippen molar-refractivity contribution in [1.82, 2.24) is 4.98 Å². The van der Waals surface area contributed by atoms with Gasteiger partial charge in [-0.2, -0.15) is 13.2 Å². The van der Waals surface area contributed by atoms with E-state index in [9.17, 15) is 17.6 Å². The average molecular weight is 350 g/mol. The second kappa shape index (κ2) is 6.88. The number of nitrogens with one attached hydrogen (secondary N) is 1. The van der Waals surface area contributed by atoms with Crippen molar-refractivity contribution in [3.8, 4) is 11.3 Å². The summed E-state index contributed by atoms with van der Waals surface area (Å²) >= 11 is 0. The lowest BCUT2D eigenvalue weighted by molar-refractivity contribution is -0.137. The van der Waals surface area contributed by atoms with Crippen molar-refractivity contribution in [2.24, 2.45) is 5.73 Å². The van der Waals surface area contributed by atoms with Crippen molar-refractivity contribution < 1.29 is 17.6 Å². The molecule has 132 valence electrons. The van der Waals surface area contributed by atoms with E-state index in [1.54, 1.807) is 12.1 Å². The Labute approximate surface area is 142 Å². The predicted molar refractivity (Wildman–Crippen MR) is 90.7 cm³/mol. The summed E-state index contributed by atoms with van der Waals surface area (Å²) in [4.78, 5) is 3.18. The predicted octanol–water partition coefficient (Wildman–Crippen LogP) is 5.27. The number of benzene rings is 2. The van der Waals surface area contributed by atoms with Gasteiger partial charge in [0.2, 0.25) is 0 Å². The molecule has 3 aromatic rings. The second-order valence-corrected chi connectivity index (χ2v) is 5.99. The van der Waals surface area contributed by atoms with Gasteiger partial charge < -0.3 is 10.7 Å². The first-order chi connectivity index (χ1) is 11.9. The number of unbranched alkanes of at least 4 members (excludes halogenated alkanes) is 1. The number of halogens is 4. The van der Waals surface area contributed by atoms with Crippen molar-refractivity contribution in [1.29, 1.82) is 0 Å². The van der Waals surface area contributed by atoms with E-state index >= 15 is 0 Å². The standard InChI is InChI=1S/C19H18F4N2/c20-14-7-4-12(5-8-14)18-15(3-1-2-10-24)16-11-13(19(21,22)23)6-9-17(16)25-18/h4-9,11,25H,1-3,10,24H2. The third-order valence-electron chi connectivity index (χ3n) is 4.25. The molecule has 0 saturated heterocycles. The van der Waals surface area contributed by atoms with Gasteiger partial charge in [-0.25, -0.2) is 4.39 Å². The Morgan fingerprint density at radius 3 is 2.32 bits per heavy atom. The number of fused-ring (bicyclic) bond motifs is 1. The van der Waals surface area contributed by atoms with Crippen LogP contribution in [0, 0.1) is 5.82 Å². The molecule has 2 aromatic carbocycles. The first kappa shape index (κ1) is 17.5. The minimum atomic E-state index is -4.39. The zero-order valence-electron chi connectivity index (χ0n) is 13.5. The highest BCUT2D eigenvalue weighted by molar-refractivity contribution is 5.91. The van der Waals surface area contributed by atoms with Gasteiger partial charge in [0.1, 0.15) is 5.82 Å². The normalized spacial score (nSPS) is 12.0. The summed E-state index contributed by atoms with van der Waals surface area (Å²) in [5.41, 5.74) is 7.77. The SMILES string of the molecule is NCCCCc1c(-c2ccc(F)cc2)[nH]c2ccc(C(F)(F)F)cc12. The van der Waals surface area contributed by atoms with Gasteiger partial charge in [-0.05, 0) is 79.4 Å². The van der Waals surface area contributed by atoms with Crippen LogP contribution in [0.3, 0.4) is 0 Å². The van der Waals surface area contributed by atoms with Gasteiger partial charge in [0, 0.05) is 16.6 Å². The summed E-state index contributed by atoms with van der Waals surface area (Å²) in [6.07, 6.45) is -2.23. The molecule has 0 spiro atoms. The van der Waals surface area contributed by atoms with E-state index < -0.39 is 11.7 Å². The minimum absolute atomic E-state index is 0.357. The summed E-state index contributed by atoms with van der Waals surface area (Å²) in [5.74, 6) is -0.357. The number of H-pyrrole nitrogens is 1. The van der Waals surface area contributed by atoms with E-state index in [1.807, 2.05) is 0 Å². The number of aryl methyl sites for hydroxylation is 1. The quantitative estimate of drug-likeness (QED) is 0.477. The van der Waals surface area contributed by atoms with E-state index in [-0.39, 0.29) is 5.82 Å². The van der Waals surface area contributed by atoms with Gasteiger partial charge in [0.05, 0.1) is 5.56 Å². The molecule has 0 fully saturated rings. The highest BCUT2D eigenvalue weighted by atomic mass is 19.4. The Hall–Kier alpha value is -2.34. The molecule has 0 amide bonds. The van der Waals surface area contributed by atoms with Crippen LogP contribution in [0.1, 0.15) is 24.0 Å². The van der Waals surface area contributed by atoms with Gasteiger partial charge in [-0.3, -0.25) is 0 Å². The van der Waals surface area contributed by atoms with Crippen molar-refractivity contribution in [2.75, 3.05) is 6.54 Å². The molecule has 0 radical (unpaired) electrons. The molecule has 0 saturated carbocycles. The number of hydrogen-bond acceptors (Lipinski definition) is 1. The Bertz CT molecular complexity index is 864. The second-order valence-electron chi connectivity index (χ2n) is 5.99. The van der Waals surface area contributed by atoms with E-state index in [2.05, 4.69) is 4.98 Å². The van der Waals surface area contributed by atoms with E-state index in [1.165, 1.54) is 24.3 Å². The van der Waals surface area contributed by atoms with Crippen molar-refractivity contribution >= 4 is 10.9 Å². The fraction of sp³-hybridized carbons (Fsp3) is 0.263. The topological polar surface area (TPSA) is 41.8 Å². The monoisotopic (exact) mass is 350 g/mol. The highest BCUT2D eigenvalue weighted by Crippen LogP contribution is 2.36. The van der Waals surface area contributed by atoms with Crippen molar-refractivity contribution in [3.63, 3.8) is 0 Å². The maximum atomic E-state index is 13.2. The summed E-state index contributed by atoms with van der Waals surface area (Å²) in [7, 11) is 0. The first-order valence-corrected chi connectivity index (χ1v) is 8.08. The minimum Gasteiger partial charge on any atom is -0.354 e. The molecule has 0 aliphatic carbocycles. The maximum Gasteiger partial charge on any atom is 0.416 e. The van der Waals surface area contributed by atoms with E-state index in [0.29, 0.717) is 23.9 Å². The maximum absolute atomic E-state index is 13.2. The lowest BCUT2D eigenvalue weighted by Gasteiger charge is -2.08. The number of alkyl halides is 3. The molecule has 0 aliphatic rings. The largest absolute Gasteiger partial charge is 0.416 e. The summed E-state index contributed by atoms with van der Waals surface area (Å²) in [5, 5.41) is 0.547. The third-order valence-corrected chi connectivity index (χ3v) is 4.25. The van der Waals surface area contributed by atoms with Gasteiger partial charge in [0.15, 0.2) is 0 Å². The summed E-state index contributed by atoms with van der Waals surface area (Å²) < 4.78 is 52.4. The number of hydrogen-bond donors (Lipinski definition) is 2. The molecule has 3 rings (SSSR count). The first-order valence-electron chi connectivity index (χ1n) is 8.08. The third kappa shape index (κ3) is 3.69. The van der Waals surface area contributed by atoms with Crippen LogP contribution in [0.15, 0.2) is 42.5 Å². The lowest BCUT2D eigenvalue weighted by atomic mass is 9.99. The number of aromatic nitrogens is 1. The molecular weight excluding hydrogens is 332 g/mol. The molecule has 0 bridgehead atoms. The molecule has 25 heavy (non-hydrogen) atoms. The van der Waals surface area contributed by atoms with Crippen molar-refractivity contribution in [3.05, 3.63) is 59.4 Å². The van der Waals surface area contributed by atoms with Gasteiger partial charge in [0.25, 0.3) is 0 Å². The lowest BCUT2D eigenvalue weighted by Crippen LogP contribution is -2.04. The Morgan fingerprint density at radius 1 is 0.960 bits per heavy atom. The molecule has 3 N–H and O–H groups in total. The van der Waals surface area contributed by atoms with Crippen LogP contribution in [0.25, 0.3) is 22.2 Å². The average Bonchev–Trinajstić information content (AvgIpc) is 2.93.